The summed E-state index contributed by atoms with van der Waals surface area (Å²) in [4.78, 5) is 53.9. The molecule has 2 aromatic heterocycles. The molecule has 172 valence electrons. The number of carbonyl (C=O) groups is 2. The van der Waals surface area contributed by atoms with Gasteiger partial charge in [0.25, 0.3) is 22.9 Å². The van der Waals surface area contributed by atoms with Gasteiger partial charge in [-0.05, 0) is 39.5 Å². The summed E-state index contributed by atoms with van der Waals surface area (Å²) in [6.07, 6.45) is 0. The molecule has 0 saturated carbocycles. The van der Waals surface area contributed by atoms with Gasteiger partial charge in [0.05, 0.1) is 16.1 Å². The van der Waals surface area contributed by atoms with Crippen molar-refractivity contribution in [2.45, 2.75) is 0 Å². The van der Waals surface area contributed by atoms with Gasteiger partial charge < -0.3 is 20.2 Å². The first-order chi connectivity index (χ1) is 15.8. The van der Waals surface area contributed by atoms with Crippen molar-refractivity contribution in [3.63, 3.8) is 0 Å². The lowest BCUT2D eigenvalue weighted by molar-refractivity contribution is 0.0536. The number of aromatic nitrogens is 2. The quantitative estimate of drug-likeness (QED) is 0.439. The summed E-state index contributed by atoms with van der Waals surface area (Å²) < 4.78 is 1.02. The maximum Gasteiger partial charge on any atom is 0.287 e. The minimum atomic E-state index is -0.577. The minimum Gasteiger partial charge on any atom is -0.505 e. The van der Waals surface area contributed by atoms with E-state index in [1.807, 2.05) is 11.4 Å². The summed E-state index contributed by atoms with van der Waals surface area (Å²) in [6.45, 7) is 1.42. The Morgan fingerprint density at radius 3 is 2.36 bits per heavy atom. The largest absolute Gasteiger partial charge is 0.505 e. The molecule has 3 aromatic rings. The van der Waals surface area contributed by atoms with Crippen molar-refractivity contribution >= 4 is 50.5 Å². The van der Waals surface area contributed by atoms with Crippen LogP contribution in [0.5, 0.6) is 5.75 Å². The van der Waals surface area contributed by atoms with Crippen LogP contribution in [-0.2, 0) is 7.05 Å². The first kappa shape index (κ1) is 22.8. The third-order valence-corrected chi connectivity index (χ3v) is 6.91. The molecule has 1 aliphatic heterocycles. The van der Waals surface area contributed by atoms with Crippen LogP contribution in [0, 0.1) is 0 Å². The summed E-state index contributed by atoms with van der Waals surface area (Å²) in [6, 6.07) is 8.13. The first-order valence-electron chi connectivity index (χ1n) is 9.97. The van der Waals surface area contributed by atoms with Gasteiger partial charge in [-0.3, -0.25) is 29.0 Å². The van der Waals surface area contributed by atoms with Gasteiger partial charge in [0.15, 0.2) is 5.75 Å². The number of piperazine rings is 1. The van der Waals surface area contributed by atoms with Crippen LogP contribution in [0.3, 0.4) is 0 Å². The van der Waals surface area contributed by atoms with Crippen molar-refractivity contribution in [3.8, 4) is 5.75 Å². The average molecular weight is 534 g/mol. The molecule has 0 unspecified atom stereocenters. The normalized spacial score (nSPS) is 13.8. The van der Waals surface area contributed by atoms with Crippen molar-refractivity contribution in [1.29, 1.82) is 0 Å². The average Bonchev–Trinajstić information content (AvgIpc) is 3.36. The zero-order chi connectivity index (χ0) is 23.7. The molecule has 12 heteroatoms. The topological polar surface area (TPSA) is 128 Å². The van der Waals surface area contributed by atoms with E-state index in [9.17, 15) is 24.3 Å². The van der Waals surface area contributed by atoms with Crippen LogP contribution in [0.1, 0.15) is 20.0 Å². The van der Waals surface area contributed by atoms with E-state index in [1.54, 1.807) is 21.9 Å². The SMILES string of the molecule is Cn1[nH]c(=O)c(Nc2cccc(C(=O)N3CCN(C(=O)c4cccs4)CC3)c2O)c(Br)c1=O. The van der Waals surface area contributed by atoms with Crippen LogP contribution < -0.4 is 16.4 Å². The Balaban J connectivity index is 1.51. The van der Waals surface area contributed by atoms with E-state index >= 15 is 0 Å². The number of aromatic hydroxyl groups is 1. The number of anilines is 2. The van der Waals surface area contributed by atoms with Crippen LogP contribution in [-0.4, -0.2) is 62.7 Å². The number of nitrogens with zero attached hydrogens (tertiary/aromatic N) is 3. The predicted octanol–water partition coefficient (Wildman–Crippen LogP) is 1.94. The monoisotopic (exact) mass is 533 g/mol. The van der Waals surface area contributed by atoms with E-state index in [0.717, 1.165) is 4.68 Å². The van der Waals surface area contributed by atoms with Gasteiger partial charge in [-0.2, -0.15) is 0 Å². The molecule has 3 heterocycles. The standard InChI is InChI=1S/C21H20BrN5O5S/c1-25-21(32)15(22)16(18(29)24-25)23-13-5-2-4-12(17(13)28)19(30)26-7-9-27(10-8-26)20(31)14-6-3-11-33-14/h2-6,11,23,28H,7-10H2,1H3,(H,24,29). The van der Waals surface area contributed by atoms with Crippen molar-refractivity contribution in [1.82, 2.24) is 19.6 Å². The number of amides is 2. The molecule has 0 spiro atoms. The van der Waals surface area contributed by atoms with Crippen molar-refractivity contribution in [2.75, 3.05) is 31.5 Å². The maximum absolute atomic E-state index is 13.1. The lowest BCUT2D eigenvalue weighted by Crippen LogP contribution is -2.50. The molecule has 4 rings (SSSR count). The Labute approximate surface area is 200 Å². The summed E-state index contributed by atoms with van der Waals surface area (Å²) in [7, 11) is 1.41. The fourth-order valence-corrected chi connectivity index (χ4v) is 4.75. The highest BCUT2D eigenvalue weighted by atomic mass is 79.9. The number of carbonyl (C=O) groups excluding carboxylic acids is 2. The number of para-hydroxylation sites is 1. The molecular weight excluding hydrogens is 514 g/mol. The summed E-state index contributed by atoms with van der Waals surface area (Å²) in [5.74, 6) is -0.793. The fourth-order valence-electron chi connectivity index (χ4n) is 3.52. The number of hydrogen-bond donors (Lipinski definition) is 3. The molecule has 3 N–H and O–H groups in total. The van der Waals surface area contributed by atoms with Crippen LogP contribution in [0.2, 0.25) is 0 Å². The van der Waals surface area contributed by atoms with Crippen LogP contribution in [0.4, 0.5) is 11.4 Å². The molecule has 1 aromatic carbocycles. The molecule has 2 amide bonds. The third-order valence-electron chi connectivity index (χ3n) is 5.32. The maximum atomic E-state index is 13.1. The molecule has 0 bridgehead atoms. The minimum absolute atomic E-state index is 0.00332. The van der Waals surface area contributed by atoms with Crippen molar-refractivity contribution < 1.29 is 14.7 Å². The second-order valence-corrected chi connectivity index (χ2v) is 9.12. The number of nitrogens with one attached hydrogen (secondary N) is 2. The van der Waals surface area contributed by atoms with Crippen LogP contribution >= 0.6 is 27.3 Å². The van der Waals surface area contributed by atoms with Crippen LogP contribution in [0.25, 0.3) is 0 Å². The van der Waals surface area contributed by atoms with Gasteiger partial charge in [0.1, 0.15) is 10.2 Å². The number of benzene rings is 1. The number of halogens is 1. The van der Waals surface area contributed by atoms with Crippen LogP contribution in [0.15, 0.2) is 49.8 Å². The zero-order valence-corrected chi connectivity index (χ0v) is 19.9. The third kappa shape index (κ3) is 4.44. The van der Waals surface area contributed by atoms with Gasteiger partial charge in [0.2, 0.25) is 0 Å². The van der Waals surface area contributed by atoms with Gasteiger partial charge in [-0.25, -0.2) is 0 Å². The Morgan fingerprint density at radius 2 is 1.73 bits per heavy atom. The molecule has 0 radical (unpaired) electrons. The summed E-state index contributed by atoms with van der Waals surface area (Å²) in [5, 5.41) is 17.7. The van der Waals surface area contributed by atoms with Crippen molar-refractivity contribution in [3.05, 3.63) is 71.3 Å². The number of rotatable bonds is 4. The van der Waals surface area contributed by atoms with Gasteiger partial charge in [0, 0.05) is 33.2 Å². The predicted molar refractivity (Wildman–Crippen MR) is 128 cm³/mol. The number of phenolic OH excluding ortho intramolecular Hbond substituents is 1. The van der Waals surface area contributed by atoms with Gasteiger partial charge in [-0.15, -0.1) is 11.3 Å². The number of hydrogen-bond acceptors (Lipinski definition) is 7. The highest BCUT2D eigenvalue weighted by Crippen LogP contribution is 2.31. The second-order valence-electron chi connectivity index (χ2n) is 7.38. The number of aromatic amines is 1. The Hall–Kier alpha value is -3.38. The molecule has 0 atom stereocenters. The number of thiophene rings is 1. The molecule has 33 heavy (non-hydrogen) atoms. The number of aryl methyl sites for hydroxylation is 1. The number of phenols is 1. The van der Waals surface area contributed by atoms with Gasteiger partial charge in [-0.1, -0.05) is 12.1 Å². The molecular formula is C21H20BrN5O5S. The van der Waals surface area contributed by atoms with E-state index in [-0.39, 0.29) is 33.1 Å². The van der Waals surface area contributed by atoms with E-state index in [2.05, 4.69) is 26.3 Å². The summed E-state index contributed by atoms with van der Waals surface area (Å²) >= 11 is 4.48. The molecule has 1 fully saturated rings. The van der Waals surface area contributed by atoms with Crippen molar-refractivity contribution in [2.24, 2.45) is 7.05 Å². The highest BCUT2D eigenvalue weighted by molar-refractivity contribution is 9.10. The fraction of sp³-hybridized carbons (Fsp3) is 0.238. The molecule has 1 saturated heterocycles. The van der Waals surface area contributed by atoms with E-state index in [1.165, 1.54) is 30.5 Å². The van der Waals surface area contributed by atoms with E-state index in [4.69, 9.17) is 0 Å². The lowest BCUT2D eigenvalue weighted by Gasteiger charge is -2.34. The lowest BCUT2D eigenvalue weighted by atomic mass is 10.1. The zero-order valence-electron chi connectivity index (χ0n) is 17.5. The van der Waals surface area contributed by atoms with E-state index in [0.29, 0.717) is 31.1 Å². The smallest absolute Gasteiger partial charge is 0.287 e. The van der Waals surface area contributed by atoms with E-state index < -0.39 is 17.0 Å². The molecule has 1 aliphatic rings. The summed E-state index contributed by atoms with van der Waals surface area (Å²) in [5.41, 5.74) is -0.981. The Kier molecular flexibility index (Phi) is 6.38. The first-order valence-corrected chi connectivity index (χ1v) is 11.6. The highest BCUT2D eigenvalue weighted by Gasteiger charge is 2.28. The van der Waals surface area contributed by atoms with Gasteiger partial charge >= 0.3 is 0 Å². The number of H-pyrrole nitrogens is 1. The molecule has 10 nitrogen and oxygen atoms in total. The second kappa shape index (κ2) is 9.24. The Bertz CT molecular complexity index is 1330. The molecule has 0 aliphatic carbocycles. The Morgan fingerprint density at radius 1 is 1.06 bits per heavy atom.